The van der Waals surface area contributed by atoms with Crippen LogP contribution < -0.4 is 4.90 Å². The first kappa shape index (κ1) is 32.7. The molecule has 0 bridgehead atoms. The number of nitrogens with zero attached hydrogens (tertiary/aromatic N) is 2. The Bertz CT molecular complexity index is 3120. The molecular formula is C53H38N2S. The molecule has 3 aromatic heterocycles. The molecule has 0 radical (unpaired) electrons. The smallest absolute Gasteiger partial charge is 0.0623 e. The summed E-state index contributed by atoms with van der Waals surface area (Å²) in [4.78, 5) is 3.88. The van der Waals surface area contributed by atoms with Crippen LogP contribution in [-0.2, 0) is 6.42 Å². The van der Waals surface area contributed by atoms with Crippen molar-refractivity contribution in [3.05, 3.63) is 204 Å². The number of thiophene rings is 1. The number of anilines is 3. The van der Waals surface area contributed by atoms with Crippen LogP contribution in [0.1, 0.15) is 33.7 Å². The molecule has 0 N–H and O–H groups in total. The lowest BCUT2D eigenvalue weighted by Crippen LogP contribution is -2.10. The summed E-state index contributed by atoms with van der Waals surface area (Å²) in [5.41, 5.74) is 17.2. The van der Waals surface area contributed by atoms with Gasteiger partial charge in [0.15, 0.2) is 0 Å². The Morgan fingerprint density at radius 2 is 1.20 bits per heavy atom. The van der Waals surface area contributed by atoms with E-state index in [1.54, 1.807) is 0 Å². The molecule has 266 valence electrons. The van der Waals surface area contributed by atoms with Crippen LogP contribution in [-0.4, -0.2) is 4.40 Å². The highest BCUT2D eigenvalue weighted by Crippen LogP contribution is 2.45. The van der Waals surface area contributed by atoms with Gasteiger partial charge in [-0.25, -0.2) is 0 Å². The quantitative estimate of drug-likeness (QED) is 0.158. The van der Waals surface area contributed by atoms with Crippen molar-refractivity contribution < 1.29 is 0 Å². The van der Waals surface area contributed by atoms with Gasteiger partial charge in [0.1, 0.15) is 0 Å². The zero-order valence-corrected chi connectivity index (χ0v) is 32.0. The van der Waals surface area contributed by atoms with Crippen molar-refractivity contribution >= 4 is 77.3 Å². The highest BCUT2D eigenvalue weighted by atomic mass is 32.1. The largest absolute Gasteiger partial charge is 0.312 e. The van der Waals surface area contributed by atoms with Gasteiger partial charge in [0.05, 0.1) is 11.0 Å². The minimum absolute atomic E-state index is 1.07. The molecule has 0 spiro atoms. The lowest BCUT2D eigenvalue weighted by Gasteiger charge is -2.26. The van der Waals surface area contributed by atoms with Crippen LogP contribution in [0, 0.1) is 6.92 Å². The first-order valence-electron chi connectivity index (χ1n) is 19.4. The Morgan fingerprint density at radius 1 is 0.589 bits per heavy atom. The van der Waals surface area contributed by atoms with Gasteiger partial charge in [-0.15, -0.1) is 11.3 Å². The molecule has 56 heavy (non-hydrogen) atoms. The van der Waals surface area contributed by atoms with Gasteiger partial charge >= 0.3 is 0 Å². The van der Waals surface area contributed by atoms with Crippen molar-refractivity contribution in [3.8, 4) is 22.3 Å². The highest BCUT2D eigenvalue weighted by molar-refractivity contribution is 7.19. The normalized spacial score (nSPS) is 12.8. The van der Waals surface area contributed by atoms with Crippen LogP contribution >= 0.6 is 11.3 Å². The average molecular weight is 735 g/mol. The molecule has 10 aromatic rings. The fraction of sp³-hybridized carbons (Fsp3) is 0.0566. The molecule has 11 rings (SSSR count). The first-order valence-corrected chi connectivity index (χ1v) is 20.3. The summed E-state index contributed by atoms with van der Waals surface area (Å²) in [6.45, 7) is 6.37. The second kappa shape index (κ2) is 13.0. The molecule has 3 heteroatoms. The van der Waals surface area contributed by atoms with E-state index < -0.39 is 0 Å². The summed E-state index contributed by atoms with van der Waals surface area (Å²) in [7, 11) is 0. The minimum atomic E-state index is 1.07. The third-order valence-corrected chi connectivity index (χ3v) is 13.0. The molecule has 0 saturated heterocycles. The molecule has 1 aliphatic carbocycles. The monoisotopic (exact) mass is 734 g/mol. The summed E-state index contributed by atoms with van der Waals surface area (Å²) < 4.78 is 3.80. The molecule has 2 nitrogen and oxygen atoms in total. The van der Waals surface area contributed by atoms with E-state index in [4.69, 9.17) is 0 Å². The van der Waals surface area contributed by atoms with Crippen LogP contribution in [0.3, 0.4) is 0 Å². The molecule has 1 aliphatic rings. The predicted molar refractivity (Wildman–Crippen MR) is 241 cm³/mol. The lowest BCUT2D eigenvalue weighted by atomic mass is 9.89. The Labute approximate surface area is 330 Å². The van der Waals surface area contributed by atoms with Gasteiger partial charge in [-0.05, 0) is 102 Å². The van der Waals surface area contributed by atoms with Crippen molar-refractivity contribution in [2.45, 2.75) is 19.8 Å². The highest BCUT2D eigenvalue weighted by Gasteiger charge is 2.23. The van der Waals surface area contributed by atoms with Crippen molar-refractivity contribution in [2.75, 3.05) is 4.90 Å². The second-order valence-corrected chi connectivity index (χ2v) is 16.0. The summed E-state index contributed by atoms with van der Waals surface area (Å²) in [6.07, 6.45) is 6.63. The van der Waals surface area contributed by atoms with Crippen LogP contribution in [0.2, 0.25) is 0 Å². The Hall–Kier alpha value is -6.68. The van der Waals surface area contributed by atoms with E-state index in [-0.39, 0.29) is 0 Å². The van der Waals surface area contributed by atoms with Gasteiger partial charge in [0, 0.05) is 65.0 Å². The van der Waals surface area contributed by atoms with Gasteiger partial charge < -0.3 is 9.30 Å². The standard InChI is InChI=1S/C53H38N2S/c1-3-42-34(2)54-48-17-9-7-14-46(48)52-44(32-33-45(42)53(52)54)38-24-30-41(31-25-38)55(39-26-20-36(21-27-39)35-12-5-4-6-13-35)40-28-22-37(23-29-40)43-16-11-19-50-51(43)47-15-8-10-18-49(47)56-50/h3-10,12-18,20-33H,1,11,19H2,2H3. The molecule has 0 unspecified atom stereocenters. The molecule has 0 saturated carbocycles. The fourth-order valence-corrected chi connectivity index (χ4v) is 10.5. The van der Waals surface area contributed by atoms with Gasteiger partial charge in [-0.1, -0.05) is 134 Å². The van der Waals surface area contributed by atoms with Crippen molar-refractivity contribution in [1.82, 2.24) is 4.40 Å². The van der Waals surface area contributed by atoms with E-state index in [1.165, 1.54) is 92.4 Å². The molecule has 0 amide bonds. The molecule has 3 heterocycles. The zero-order chi connectivity index (χ0) is 37.3. The van der Waals surface area contributed by atoms with E-state index in [9.17, 15) is 0 Å². The fourth-order valence-electron chi connectivity index (χ4n) is 9.22. The van der Waals surface area contributed by atoms with Gasteiger partial charge in [-0.3, -0.25) is 0 Å². The van der Waals surface area contributed by atoms with Crippen molar-refractivity contribution in [1.29, 1.82) is 0 Å². The summed E-state index contributed by atoms with van der Waals surface area (Å²) >= 11 is 1.95. The first-order chi connectivity index (χ1) is 27.7. The zero-order valence-electron chi connectivity index (χ0n) is 31.2. The number of para-hydroxylation sites is 1. The maximum Gasteiger partial charge on any atom is 0.0623 e. The number of benzene rings is 7. The van der Waals surface area contributed by atoms with E-state index in [0.717, 1.165) is 29.9 Å². The minimum Gasteiger partial charge on any atom is -0.312 e. The van der Waals surface area contributed by atoms with Crippen molar-refractivity contribution in [3.63, 3.8) is 0 Å². The van der Waals surface area contributed by atoms with Gasteiger partial charge in [0.25, 0.3) is 0 Å². The van der Waals surface area contributed by atoms with E-state index in [1.807, 2.05) is 17.4 Å². The van der Waals surface area contributed by atoms with Gasteiger partial charge in [0.2, 0.25) is 0 Å². The molecular weight excluding hydrogens is 697 g/mol. The predicted octanol–water partition coefficient (Wildman–Crippen LogP) is 15.0. The third kappa shape index (κ3) is 5.01. The van der Waals surface area contributed by atoms with E-state index >= 15 is 0 Å². The maximum atomic E-state index is 4.17. The van der Waals surface area contributed by atoms with Crippen molar-refractivity contribution in [2.24, 2.45) is 0 Å². The third-order valence-electron chi connectivity index (χ3n) is 11.8. The number of aromatic nitrogens is 1. The SMILES string of the molecule is C=Cc1c(C)n2c3ccccc3c3c(-c4ccc(N(c5ccc(C6=CCCc7sc8ccccc8c76)cc5)c5ccc(-c6ccccc6)cc5)cc4)ccc1c32. The molecule has 0 aliphatic heterocycles. The van der Waals surface area contributed by atoms with Crippen LogP contribution in [0.15, 0.2) is 176 Å². The van der Waals surface area contributed by atoms with Crippen LogP contribution in [0.25, 0.3) is 71.2 Å². The Kier molecular flexibility index (Phi) is 7.58. The molecule has 7 aromatic carbocycles. The number of hydrogen-bond donors (Lipinski definition) is 0. The number of hydrogen-bond acceptors (Lipinski definition) is 2. The summed E-state index contributed by atoms with van der Waals surface area (Å²) in [5, 5.41) is 5.20. The lowest BCUT2D eigenvalue weighted by molar-refractivity contribution is 1.01. The average Bonchev–Trinajstić information content (AvgIpc) is 3.91. The molecule has 0 atom stereocenters. The van der Waals surface area contributed by atoms with Gasteiger partial charge in [-0.2, -0.15) is 0 Å². The Balaban J connectivity index is 1.01. The number of aryl methyl sites for hydroxylation is 2. The molecule has 0 fully saturated rings. The topological polar surface area (TPSA) is 7.65 Å². The van der Waals surface area contributed by atoms with E-state index in [2.05, 4.69) is 193 Å². The number of allylic oxidation sites excluding steroid dienone is 1. The maximum absolute atomic E-state index is 4.17. The van der Waals surface area contributed by atoms with Crippen LogP contribution in [0.5, 0.6) is 0 Å². The summed E-state index contributed by atoms with van der Waals surface area (Å²) in [5.74, 6) is 0. The second-order valence-electron chi connectivity index (χ2n) is 14.8. The summed E-state index contributed by atoms with van der Waals surface area (Å²) in [6, 6.07) is 60.1. The van der Waals surface area contributed by atoms with Crippen LogP contribution in [0.4, 0.5) is 17.1 Å². The number of rotatable bonds is 7. The number of fused-ring (bicyclic) bond motifs is 6. The Morgan fingerprint density at radius 3 is 1.91 bits per heavy atom. The van der Waals surface area contributed by atoms with E-state index in [0.29, 0.717) is 0 Å².